The average Bonchev–Trinajstić information content (AvgIpc) is 2.89. The van der Waals surface area contributed by atoms with Crippen LogP contribution in [0.15, 0.2) is 0 Å². The van der Waals surface area contributed by atoms with Crippen LogP contribution in [-0.4, -0.2) is 31.2 Å². The van der Waals surface area contributed by atoms with E-state index in [1.54, 1.807) is 7.11 Å². The van der Waals surface area contributed by atoms with Gasteiger partial charge in [-0.2, -0.15) is 0 Å². The highest BCUT2D eigenvalue weighted by Crippen LogP contribution is 2.43. The van der Waals surface area contributed by atoms with Gasteiger partial charge in [0.15, 0.2) is 5.78 Å². The predicted molar refractivity (Wildman–Crippen MR) is 49.7 cm³/mol. The summed E-state index contributed by atoms with van der Waals surface area (Å²) in [5, 5.41) is 0. The molecule has 0 aromatic rings. The van der Waals surface area contributed by atoms with Gasteiger partial charge in [0, 0.05) is 13.5 Å². The average molecular weight is 186 g/mol. The molecule has 0 saturated carbocycles. The van der Waals surface area contributed by atoms with Gasteiger partial charge in [-0.25, -0.2) is 0 Å². The first-order valence-electron chi connectivity index (χ1n) is 4.89. The van der Waals surface area contributed by atoms with Crippen molar-refractivity contribution in [2.24, 2.45) is 0 Å². The molecule has 3 heteroatoms. The lowest BCUT2D eigenvalue weighted by Gasteiger charge is -2.04. The van der Waals surface area contributed by atoms with Crippen LogP contribution in [0.2, 0.25) is 0 Å². The second-order valence-corrected chi connectivity index (χ2v) is 3.48. The van der Waals surface area contributed by atoms with Crippen molar-refractivity contribution in [2.75, 3.05) is 13.7 Å². The zero-order valence-electron chi connectivity index (χ0n) is 8.63. The number of hydrogen-bond acceptors (Lipinski definition) is 3. The molecule has 3 nitrogen and oxygen atoms in total. The van der Waals surface area contributed by atoms with Crippen LogP contribution in [0.1, 0.15) is 33.1 Å². The second kappa shape index (κ2) is 4.20. The molecule has 0 radical (unpaired) electrons. The number of methoxy groups -OCH3 is 1. The van der Waals surface area contributed by atoms with Gasteiger partial charge in [0.25, 0.3) is 0 Å². The summed E-state index contributed by atoms with van der Waals surface area (Å²) in [6.07, 6.45) is 2.17. The zero-order valence-corrected chi connectivity index (χ0v) is 8.63. The molecule has 1 atom stereocenters. The molecule has 1 unspecified atom stereocenters. The van der Waals surface area contributed by atoms with Gasteiger partial charge in [-0.3, -0.25) is 4.79 Å². The Labute approximate surface area is 79.4 Å². The smallest absolute Gasteiger partial charge is 0.166 e. The monoisotopic (exact) mass is 186 g/mol. The molecule has 0 amide bonds. The Morgan fingerprint density at radius 1 is 1.46 bits per heavy atom. The van der Waals surface area contributed by atoms with Crippen LogP contribution in [0.5, 0.6) is 0 Å². The van der Waals surface area contributed by atoms with Crippen molar-refractivity contribution in [1.29, 1.82) is 0 Å². The van der Waals surface area contributed by atoms with Crippen LogP contribution in [-0.2, 0) is 14.3 Å². The Kier molecular flexibility index (Phi) is 3.45. The molecule has 1 aliphatic heterocycles. The molecular weight excluding hydrogens is 168 g/mol. The van der Waals surface area contributed by atoms with Gasteiger partial charge < -0.3 is 9.47 Å². The lowest BCUT2D eigenvalue weighted by molar-refractivity contribution is -0.121. The topological polar surface area (TPSA) is 38.8 Å². The summed E-state index contributed by atoms with van der Waals surface area (Å²) in [6.45, 7) is 4.63. The van der Waals surface area contributed by atoms with Gasteiger partial charge in [0.05, 0.1) is 6.61 Å². The number of ketones is 1. The van der Waals surface area contributed by atoms with E-state index in [1.807, 2.05) is 0 Å². The molecule has 0 spiro atoms. The number of carbonyl (C=O) groups is 1. The molecular formula is C10H18O3. The largest absolute Gasteiger partial charge is 0.384 e. The molecule has 1 heterocycles. The third kappa shape index (κ3) is 2.09. The third-order valence-corrected chi connectivity index (χ3v) is 2.82. The first-order chi connectivity index (χ1) is 6.20. The van der Waals surface area contributed by atoms with Crippen molar-refractivity contribution in [3.05, 3.63) is 0 Å². The van der Waals surface area contributed by atoms with Crippen LogP contribution in [0.25, 0.3) is 0 Å². The molecule has 13 heavy (non-hydrogen) atoms. The number of epoxide rings is 1. The molecule has 0 N–H and O–H groups in total. The quantitative estimate of drug-likeness (QED) is 0.591. The van der Waals surface area contributed by atoms with E-state index in [0.29, 0.717) is 13.0 Å². The highest BCUT2D eigenvalue weighted by molar-refractivity contribution is 5.87. The SMILES string of the molecule is CCC1(CC)OC1C(=O)CCOC. The number of Topliss-reactive ketones (excluding diaryl/α,β-unsaturated/α-hetero) is 1. The molecule has 1 fully saturated rings. The Hall–Kier alpha value is -0.410. The minimum atomic E-state index is -0.155. The van der Waals surface area contributed by atoms with Gasteiger partial charge in [-0.1, -0.05) is 13.8 Å². The molecule has 0 aromatic heterocycles. The Morgan fingerprint density at radius 3 is 2.46 bits per heavy atom. The number of carbonyl (C=O) groups excluding carboxylic acids is 1. The minimum absolute atomic E-state index is 0.134. The van der Waals surface area contributed by atoms with Crippen molar-refractivity contribution in [3.63, 3.8) is 0 Å². The summed E-state index contributed by atoms with van der Waals surface area (Å²) in [6, 6.07) is 0. The Balaban J connectivity index is 2.35. The molecule has 76 valence electrons. The summed E-state index contributed by atoms with van der Waals surface area (Å²) < 4.78 is 10.3. The van der Waals surface area contributed by atoms with Crippen molar-refractivity contribution in [3.8, 4) is 0 Å². The van der Waals surface area contributed by atoms with E-state index in [9.17, 15) is 4.79 Å². The van der Waals surface area contributed by atoms with E-state index >= 15 is 0 Å². The second-order valence-electron chi connectivity index (χ2n) is 3.48. The van der Waals surface area contributed by atoms with Gasteiger partial charge in [0.1, 0.15) is 11.7 Å². The van der Waals surface area contributed by atoms with E-state index in [0.717, 1.165) is 12.8 Å². The van der Waals surface area contributed by atoms with E-state index in [2.05, 4.69) is 13.8 Å². The lowest BCUT2D eigenvalue weighted by Crippen LogP contribution is -2.20. The normalized spacial score (nSPS) is 24.4. The van der Waals surface area contributed by atoms with Gasteiger partial charge in [-0.15, -0.1) is 0 Å². The van der Waals surface area contributed by atoms with Gasteiger partial charge in [-0.05, 0) is 12.8 Å². The summed E-state index contributed by atoms with van der Waals surface area (Å²) in [4.78, 5) is 11.5. The van der Waals surface area contributed by atoms with Crippen molar-refractivity contribution in [1.82, 2.24) is 0 Å². The lowest BCUT2D eigenvalue weighted by atomic mass is 9.96. The Bertz CT molecular complexity index is 185. The third-order valence-electron chi connectivity index (χ3n) is 2.82. The maximum absolute atomic E-state index is 11.5. The first kappa shape index (κ1) is 10.7. The standard InChI is InChI=1S/C10H18O3/c1-4-10(5-2)9(13-10)8(11)6-7-12-3/h9H,4-7H2,1-3H3. The highest BCUT2D eigenvalue weighted by atomic mass is 16.6. The van der Waals surface area contributed by atoms with Crippen molar-refractivity contribution < 1.29 is 14.3 Å². The van der Waals surface area contributed by atoms with Crippen molar-refractivity contribution in [2.45, 2.75) is 44.8 Å². The van der Waals surface area contributed by atoms with Crippen LogP contribution < -0.4 is 0 Å². The Morgan fingerprint density at radius 2 is 2.08 bits per heavy atom. The number of ether oxygens (including phenoxy) is 2. The van der Waals surface area contributed by atoms with Crippen LogP contribution in [0, 0.1) is 0 Å². The fourth-order valence-electron chi connectivity index (χ4n) is 1.68. The van der Waals surface area contributed by atoms with E-state index < -0.39 is 0 Å². The maximum Gasteiger partial charge on any atom is 0.166 e. The summed E-state index contributed by atoms with van der Waals surface area (Å²) in [5.74, 6) is 0.186. The van der Waals surface area contributed by atoms with Crippen molar-refractivity contribution >= 4 is 5.78 Å². The van der Waals surface area contributed by atoms with Crippen LogP contribution in [0.3, 0.4) is 0 Å². The molecule has 1 saturated heterocycles. The minimum Gasteiger partial charge on any atom is -0.384 e. The highest BCUT2D eigenvalue weighted by Gasteiger charge is 2.56. The molecule has 0 bridgehead atoms. The fraction of sp³-hybridized carbons (Fsp3) is 0.900. The molecule has 1 aliphatic rings. The van der Waals surface area contributed by atoms with Crippen LogP contribution >= 0.6 is 0 Å². The maximum atomic E-state index is 11.5. The first-order valence-corrected chi connectivity index (χ1v) is 4.89. The summed E-state index contributed by atoms with van der Waals surface area (Å²) in [5.41, 5.74) is -0.134. The molecule has 0 aliphatic carbocycles. The number of rotatable bonds is 6. The number of hydrogen-bond donors (Lipinski definition) is 0. The van der Waals surface area contributed by atoms with E-state index in [1.165, 1.54) is 0 Å². The fourth-order valence-corrected chi connectivity index (χ4v) is 1.68. The van der Waals surface area contributed by atoms with E-state index in [4.69, 9.17) is 9.47 Å². The van der Waals surface area contributed by atoms with Crippen LogP contribution in [0.4, 0.5) is 0 Å². The summed E-state index contributed by atoms with van der Waals surface area (Å²) in [7, 11) is 1.61. The molecule has 1 rings (SSSR count). The summed E-state index contributed by atoms with van der Waals surface area (Å²) >= 11 is 0. The predicted octanol–water partition coefficient (Wildman–Crippen LogP) is 1.55. The zero-order chi connectivity index (χ0) is 9.90. The van der Waals surface area contributed by atoms with E-state index in [-0.39, 0.29) is 17.5 Å². The molecule has 0 aromatic carbocycles. The van der Waals surface area contributed by atoms with Gasteiger partial charge >= 0.3 is 0 Å². The van der Waals surface area contributed by atoms with Gasteiger partial charge in [0.2, 0.25) is 0 Å².